The second-order valence-electron chi connectivity index (χ2n) is 9.34. The fourth-order valence-electron chi connectivity index (χ4n) is 5.79. The zero-order valence-electron chi connectivity index (χ0n) is 18.2. The van der Waals surface area contributed by atoms with Crippen LogP contribution in [0.25, 0.3) is 0 Å². The third-order valence-corrected chi connectivity index (χ3v) is 8.51. The topological polar surface area (TPSA) is 37.2 Å². The molecule has 6 heteroatoms. The number of thioether (sulfide) groups is 1. The molecular weight excluding hydrogens is 390 g/mol. The Morgan fingerprint density at radius 2 is 1.83 bits per heavy atom. The molecule has 30 heavy (non-hydrogen) atoms. The largest absolute Gasteiger partial charge is 0.367 e. The Morgan fingerprint density at radius 3 is 2.67 bits per heavy atom. The molecule has 0 N–H and O–H groups in total. The molecule has 2 aliphatic heterocycles. The monoisotopic (exact) mass is 425 g/mol. The highest BCUT2D eigenvalue weighted by Gasteiger charge is 2.40. The van der Waals surface area contributed by atoms with Crippen molar-refractivity contribution in [3.63, 3.8) is 0 Å². The van der Waals surface area contributed by atoms with E-state index in [1.165, 1.54) is 82.6 Å². The number of rotatable bonds is 7. The number of hydrogen-bond acceptors (Lipinski definition) is 5. The van der Waals surface area contributed by atoms with Crippen molar-refractivity contribution in [2.45, 2.75) is 62.1 Å². The molecule has 5 nitrogen and oxygen atoms in total. The average Bonchev–Trinajstić information content (AvgIpc) is 3.47. The highest BCUT2D eigenvalue weighted by molar-refractivity contribution is 7.99. The molecular formula is C24H35N5S. The van der Waals surface area contributed by atoms with Crippen LogP contribution in [0.2, 0.25) is 0 Å². The normalized spacial score (nSPS) is 25.2. The summed E-state index contributed by atoms with van der Waals surface area (Å²) < 4.78 is 2.26. The predicted octanol–water partition coefficient (Wildman–Crippen LogP) is 4.56. The van der Waals surface area contributed by atoms with Crippen LogP contribution in [0, 0.1) is 5.92 Å². The summed E-state index contributed by atoms with van der Waals surface area (Å²) in [5.41, 5.74) is 1.40. The van der Waals surface area contributed by atoms with Gasteiger partial charge in [0.15, 0.2) is 5.16 Å². The molecule has 1 aromatic carbocycles. The second-order valence-corrected chi connectivity index (χ2v) is 10.4. The van der Waals surface area contributed by atoms with Gasteiger partial charge in [-0.3, -0.25) is 0 Å². The minimum atomic E-state index is 0.627. The van der Waals surface area contributed by atoms with Crippen molar-refractivity contribution in [3.8, 4) is 0 Å². The Labute approximate surface area is 185 Å². The first-order chi connectivity index (χ1) is 14.8. The van der Waals surface area contributed by atoms with Crippen LogP contribution < -0.4 is 4.90 Å². The summed E-state index contributed by atoms with van der Waals surface area (Å²) in [6.07, 6.45) is 9.22. The first-order valence-corrected chi connectivity index (χ1v) is 12.8. The highest BCUT2D eigenvalue weighted by atomic mass is 32.2. The molecule has 0 amide bonds. The van der Waals surface area contributed by atoms with Gasteiger partial charge in [0.2, 0.25) is 0 Å². The number of anilines is 1. The van der Waals surface area contributed by atoms with Crippen LogP contribution in [0.15, 0.2) is 35.5 Å². The average molecular weight is 426 g/mol. The second kappa shape index (κ2) is 9.31. The summed E-state index contributed by atoms with van der Waals surface area (Å²) in [6, 6.07) is 11.7. The summed E-state index contributed by atoms with van der Waals surface area (Å²) >= 11 is 1.89. The molecule has 1 saturated carbocycles. The molecule has 3 fully saturated rings. The maximum atomic E-state index is 4.55. The molecule has 3 heterocycles. The molecule has 0 unspecified atom stereocenters. The van der Waals surface area contributed by atoms with Crippen LogP contribution in [-0.2, 0) is 7.05 Å². The molecule has 162 valence electrons. The third-order valence-electron chi connectivity index (χ3n) is 7.40. The van der Waals surface area contributed by atoms with Crippen LogP contribution in [0.3, 0.4) is 0 Å². The minimum Gasteiger partial charge on any atom is -0.367 e. The molecule has 0 bridgehead atoms. The van der Waals surface area contributed by atoms with Gasteiger partial charge in [0.05, 0.1) is 0 Å². The quantitative estimate of drug-likeness (QED) is 0.480. The maximum absolute atomic E-state index is 4.55. The number of likely N-dealkylation sites (tertiary alicyclic amines) is 1. The molecule has 2 atom stereocenters. The number of nitrogens with zero attached hydrogens (tertiary/aromatic N) is 5. The lowest BCUT2D eigenvalue weighted by atomic mass is 9.89. The molecule has 1 aromatic heterocycles. The van der Waals surface area contributed by atoms with Gasteiger partial charge in [0, 0.05) is 50.1 Å². The van der Waals surface area contributed by atoms with E-state index in [4.69, 9.17) is 0 Å². The number of aromatic nitrogens is 3. The van der Waals surface area contributed by atoms with Gasteiger partial charge in [-0.15, -0.1) is 10.2 Å². The molecule has 0 spiro atoms. The molecule has 3 aliphatic rings. The van der Waals surface area contributed by atoms with Crippen molar-refractivity contribution in [2.24, 2.45) is 13.0 Å². The van der Waals surface area contributed by atoms with Gasteiger partial charge >= 0.3 is 0 Å². The Balaban J connectivity index is 1.08. The lowest BCUT2D eigenvalue weighted by Gasteiger charge is -2.27. The molecule has 2 saturated heterocycles. The van der Waals surface area contributed by atoms with Crippen molar-refractivity contribution < 1.29 is 0 Å². The van der Waals surface area contributed by atoms with Crippen LogP contribution in [0.5, 0.6) is 0 Å². The zero-order chi connectivity index (χ0) is 20.3. The molecule has 1 aliphatic carbocycles. The number of hydrogen-bond donors (Lipinski definition) is 0. The first kappa shape index (κ1) is 20.4. The van der Waals surface area contributed by atoms with E-state index in [0.29, 0.717) is 12.0 Å². The van der Waals surface area contributed by atoms with E-state index < -0.39 is 0 Å². The summed E-state index contributed by atoms with van der Waals surface area (Å²) in [4.78, 5) is 5.33. The van der Waals surface area contributed by atoms with E-state index in [1.807, 2.05) is 11.8 Å². The zero-order valence-corrected chi connectivity index (χ0v) is 19.1. The first-order valence-electron chi connectivity index (χ1n) is 11.9. The maximum Gasteiger partial charge on any atom is 0.190 e. The van der Waals surface area contributed by atoms with E-state index in [1.54, 1.807) is 0 Å². The fourth-order valence-corrected chi connectivity index (χ4v) is 6.63. The van der Waals surface area contributed by atoms with E-state index in [-0.39, 0.29) is 0 Å². The predicted molar refractivity (Wildman–Crippen MR) is 124 cm³/mol. The lowest BCUT2D eigenvalue weighted by Crippen LogP contribution is -2.35. The van der Waals surface area contributed by atoms with E-state index in [0.717, 1.165) is 16.8 Å². The van der Waals surface area contributed by atoms with Crippen molar-refractivity contribution in [1.29, 1.82) is 0 Å². The van der Waals surface area contributed by atoms with Gasteiger partial charge in [-0.2, -0.15) is 0 Å². The molecule has 5 rings (SSSR count). The summed E-state index contributed by atoms with van der Waals surface area (Å²) in [5, 5.41) is 10.2. The Kier molecular flexibility index (Phi) is 6.32. The minimum absolute atomic E-state index is 0.627. The van der Waals surface area contributed by atoms with Gasteiger partial charge < -0.3 is 14.4 Å². The van der Waals surface area contributed by atoms with Crippen molar-refractivity contribution in [2.75, 3.05) is 36.8 Å². The molecule has 2 aromatic rings. The van der Waals surface area contributed by atoms with Crippen LogP contribution >= 0.6 is 11.8 Å². The SMILES string of the molecule is Cn1c(SCCCN2C[C@H]3CCN(c4ccccc4)[C@H]3C2)nnc1C1CCCCC1. The van der Waals surface area contributed by atoms with E-state index in [2.05, 4.69) is 61.9 Å². The van der Waals surface area contributed by atoms with Gasteiger partial charge in [0.1, 0.15) is 5.82 Å². The summed E-state index contributed by atoms with van der Waals surface area (Å²) in [6.45, 7) is 4.92. The van der Waals surface area contributed by atoms with Gasteiger partial charge in [-0.05, 0) is 50.3 Å². The number of para-hydroxylation sites is 1. The van der Waals surface area contributed by atoms with Gasteiger partial charge in [-0.1, -0.05) is 49.2 Å². The van der Waals surface area contributed by atoms with Gasteiger partial charge in [0.25, 0.3) is 0 Å². The number of benzene rings is 1. The third kappa shape index (κ3) is 4.26. The van der Waals surface area contributed by atoms with Crippen LogP contribution in [0.1, 0.15) is 56.7 Å². The van der Waals surface area contributed by atoms with Crippen molar-refractivity contribution >= 4 is 17.4 Å². The smallest absolute Gasteiger partial charge is 0.190 e. The van der Waals surface area contributed by atoms with Gasteiger partial charge in [-0.25, -0.2) is 0 Å². The summed E-state index contributed by atoms with van der Waals surface area (Å²) in [7, 11) is 2.16. The van der Waals surface area contributed by atoms with E-state index in [9.17, 15) is 0 Å². The Morgan fingerprint density at radius 1 is 1.00 bits per heavy atom. The number of fused-ring (bicyclic) bond motifs is 1. The standard InChI is InChI=1S/C24H35N5S/c1-27-23(19-9-4-2-5-10-19)25-26-24(27)30-16-8-14-28-17-20-13-15-29(22(20)18-28)21-11-6-3-7-12-21/h3,6-7,11-12,19-20,22H,2,4-5,8-10,13-18H2,1H3/t20-,22+/m1/s1. The Hall–Kier alpha value is -1.53. The van der Waals surface area contributed by atoms with Crippen molar-refractivity contribution in [3.05, 3.63) is 36.2 Å². The van der Waals surface area contributed by atoms with E-state index >= 15 is 0 Å². The Bertz CT molecular complexity index is 816. The van der Waals surface area contributed by atoms with Crippen LogP contribution in [0.4, 0.5) is 5.69 Å². The summed E-state index contributed by atoms with van der Waals surface area (Å²) in [5.74, 6) is 3.81. The highest BCUT2D eigenvalue weighted by Crippen LogP contribution is 2.35. The van der Waals surface area contributed by atoms with Crippen LogP contribution in [-0.4, -0.2) is 57.6 Å². The lowest BCUT2D eigenvalue weighted by molar-refractivity contribution is 0.319. The van der Waals surface area contributed by atoms with Crippen molar-refractivity contribution in [1.82, 2.24) is 19.7 Å². The fraction of sp³-hybridized carbons (Fsp3) is 0.667. The molecule has 0 radical (unpaired) electrons.